The van der Waals surface area contributed by atoms with E-state index in [1.807, 2.05) is 7.05 Å². The van der Waals surface area contributed by atoms with Gasteiger partial charge < -0.3 is 15.1 Å². The molecule has 14 heavy (non-hydrogen) atoms. The monoisotopic (exact) mass is 199 g/mol. The Morgan fingerprint density at radius 1 is 1.64 bits per heavy atom. The summed E-state index contributed by atoms with van der Waals surface area (Å²) in [7, 11) is 5.96. The molecule has 1 aliphatic rings. The van der Waals surface area contributed by atoms with Crippen LogP contribution >= 0.6 is 0 Å². The van der Waals surface area contributed by atoms with Gasteiger partial charge in [0.25, 0.3) is 0 Å². The molecular formula is C10H21N3O. The molecule has 0 bridgehead atoms. The number of amides is 1. The Kier molecular flexibility index (Phi) is 3.89. The summed E-state index contributed by atoms with van der Waals surface area (Å²) in [6.45, 7) is 3.90. The first kappa shape index (κ1) is 11.5. The molecule has 1 heterocycles. The SMILES string of the molecule is CC(CNC1CCN(C)C1=O)N(C)C. The van der Waals surface area contributed by atoms with Crippen molar-refractivity contribution in [2.45, 2.75) is 25.4 Å². The van der Waals surface area contributed by atoms with Crippen LogP contribution in [0.25, 0.3) is 0 Å². The highest BCUT2D eigenvalue weighted by molar-refractivity contribution is 5.83. The van der Waals surface area contributed by atoms with E-state index in [4.69, 9.17) is 0 Å². The van der Waals surface area contributed by atoms with E-state index in [0.29, 0.717) is 6.04 Å². The Morgan fingerprint density at radius 2 is 2.29 bits per heavy atom. The molecule has 1 saturated heterocycles. The Morgan fingerprint density at radius 3 is 2.71 bits per heavy atom. The van der Waals surface area contributed by atoms with E-state index in [0.717, 1.165) is 19.5 Å². The van der Waals surface area contributed by atoms with Gasteiger partial charge >= 0.3 is 0 Å². The van der Waals surface area contributed by atoms with Crippen LogP contribution in [0.2, 0.25) is 0 Å². The van der Waals surface area contributed by atoms with Crippen LogP contribution in [0.3, 0.4) is 0 Å². The van der Waals surface area contributed by atoms with Crippen molar-refractivity contribution in [3.8, 4) is 0 Å². The lowest BCUT2D eigenvalue weighted by Crippen LogP contribution is -2.43. The second kappa shape index (κ2) is 4.75. The molecule has 1 N–H and O–H groups in total. The van der Waals surface area contributed by atoms with Crippen molar-refractivity contribution in [1.82, 2.24) is 15.1 Å². The topological polar surface area (TPSA) is 35.6 Å². The number of rotatable bonds is 4. The summed E-state index contributed by atoms with van der Waals surface area (Å²) in [6.07, 6.45) is 0.940. The van der Waals surface area contributed by atoms with Gasteiger partial charge in [0, 0.05) is 26.2 Å². The smallest absolute Gasteiger partial charge is 0.239 e. The predicted octanol–water partition coefficient (Wildman–Crippen LogP) is -0.243. The van der Waals surface area contributed by atoms with Gasteiger partial charge in [-0.3, -0.25) is 4.79 Å². The molecule has 0 aliphatic carbocycles. The van der Waals surface area contributed by atoms with E-state index in [1.165, 1.54) is 0 Å². The molecule has 1 aliphatic heterocycles. The van der Waals surface area contributed by atoms with Crippen molar-refractivity contribution in [2.24, 2.45) is 0 Å². The van der Waals surface area contributed by atoms with Crippen LogP contribution in [0.15, 0.2) is 0 Å². The first-order chi connectivity index (χ1) is 6.52. The number of likely N-dealkylation sites (N-methyl/N-ethyl adjacent to an activating group) is 2. The van der Waals surface area contributed by atoms with Crippen LogP contribution in [0.1, 0.15) is 13.3 Å². The largest absolute Gasteiger partial charge is 0.344 e. The average Bonchev–Trinajstić information content (AvgIpc) is 2.44. The third-order valence-corrected chi connectivity index (χ3v) is 2.97. The van der Waals surface area contributed by atoms with Gasteiger partial charge in [-0.25, -0.2) is 0 Å². The Labute approximate surface area is 86.2 Å². The van der Waals surface area contributed by atoms with Gasteiger partial charge in [-0.1, -0.05) is 0 Å². The van der Waals surface area contributed by atoms with Crippen molar-refractivity contribution < 1.29 is 4.79 Å². The summed E-state index contributed by atoms with van der Waals surface area (Å²) in [6, 6.07) is 0.510. The molecule has 1 fully saturated rings. The molecule has 4 heteroatoms. The van der Waals surface area contributed by atoms with Crippen LogP contribution in [0.5, 0.6) is 0 Å². The van der Waals surface area contributed by atoms with E-state index in [1.54, 1.807) is 4.90 Å². The van der Waals surface area contributed by atoms with Crippen molar-refractivity contribution in [1.29, 1.82) is 0 Å². The molecule has 4 nitrogen and oxygen atoms in total. The van der Waals surface area contributed by atoms with Crippen LogP contribution in [0, 0.1) is 0 Å². The van der Waals surface area contributed by atoms with Crippen molar-refractivity contribution >= 4 is 5.91 Å². The van der Waals surface area contributed by atoms with Crippen LogP contribution in [-0.2, 0) is 4.79 Å². The summed E-state index contributed by atoms with van der Waals surface area (Å²) in [5.74, 6) is 0.232. The number of hydrogen-bond acceptors (Lipinski definition) is 3. The number of nitrogens with zero attached hydrogens (tertiary/aromatic N) is 2. The molecule has 0 aromatic heterocycles. The Bertz CT molecular complexity index is 206. The number of carbonyl (C=O) groups is 1. The summed E-state index contributed by atoms with van der Waals surface area (Å²) in [5, 5.41) is 3.31. The number of hydrogen-bond donors (Lipinski definition) is 1. The highest BCUT2D eigenvalue weighted by atomic mass is 16.2. The zero-order valence-electron chi connectivity index (χ0n) is 9.58. The first-order valence-corrected chi connectivity index (χ1v) is 5.17. The molecule has 0 saturated carbocycles. The van der Waals surface area contributed by atoms with E-state index in [2.05, 4.69) is 31.2 Å². The quantitative estimate of drug-likeness (QED) is 0.678. The molecule has 82 valence electrons. The fourth-order valence-corrected chi connectivity index (χ4v) is 1.51. The molecule has 2 atom stereocenters. The standard InChI is InChI=1S/C10H21N3O/c1-8(12(2)3)7-11-9-5-6-13(4)10(9)14/h8-9,11H,5-7H2,1-4H3. The molecular weight excluding hydrogens is 178 g/mol. The second-order valence-electron chi connectivity index (χ2n) is 4.32. The minimum Gasteiger partial charge on any atom is -0.344 e. The number of carbonyl (C=O) groups excluding carboxylic acids is 1. The van der Waals surface area contributed by atoms with Gasteiger partial charge in [0.05, 0.1) is 6.04 Å². The Hall–Kier alpha value is -0.610. The van der Waals surface area contributed by atoms with Crippen molar-refractivity contribution in [2.75, 3.05) is 34.2 Å². The molecule has 1 rings (SSSR count). The van der Waals surface area contributed by atoms with E-state index >= 15 is 0 Å². The minimum atomic E-state index is 0.0439. The lowest BCUT2D eigenvalue weighted by Gasteiger charge is -2.21. The zero-order valence-corrected chi connectivity index (χ0v) is 9.58. The van der Waals surface area contributed by atoms with Crippen LogP contribution in [0.4, 0.5) is 0 Å². The summed E-state index contributed by atoms with van der Waals surface area (Å²) in [5.41, 5.74) is 0. The third-order valence-electron chi connectivity index (χ3n) is 2.97. The third kappa shape index (κ3) is 2.69. The summed E-state index contributed by atoms with van der Waals surface area (Å²) >= 11 is 0. The fraction of sp³-hybridized carbons (Fsp3) is 0.900. The van der Waals surface area contributed by atoms with E-state index in [-0.39, 0.29) is 11.9 Å². The van der Waals surface area contributed by atoms with Crippen LogP contribution in [-0.4, -0.2) is 62.0 Å². The van der Waals surface area contributed by atoms with Crippen LogP contribution < -0.4 is 5.32 Å². The maximum absolute atomic E-state index is 11.5. The maximum Gasteiger partial charge on any atom is 0.239 e. The van der Waals surface area contributed by atoms with Gasteiger partial charge in [-0.2, -0.15) is 0 Å². The molecule has 0 radical (unpaired) electrons. The normalized spacial score (nSPS) is 24.8. The lowest BCUT2D eigenvalue weighted by molar-refractivity contribution is -0.128. The van der Waals surface area contributed by atoms with E-state index < -0.39 is 0 Å². The number of nitrogens with one attached hydrogen (secondary N) is 1. The molecule has 2 unspecified atom stereocenters. The highest BCUT2D eigenvalue weighted by Crippen LogP contribution is 2.08. The molecule has 0 spiro atoms. The van der Waals surface area contributed by atoms with Gasteiger partial charge in [-0.15, -0.1) is 0 Å². The van der Waals surface area contributed by atoms with Gasteiger partial charge in [0.1, 0.15) is 0 Å². The average molecular weight is 199 g/mol. The molecule has 1 amide bonds. The summed E-state index contributed by atoms with van der Waals surface area (Å²) < 4.78 is 0. The fourth-order valence-electron chi connectivity index (χ4n) is 1.51. The zero-order chi connectivity index (χ0) is 10.7. The highest BCUT2D eigenvalue weighted by Gasteiger charge is 2.28. The second-order valence-corrected chi connectivity index (χ2v) is 4.32. The van der Waals surface area contributed by atoms with Crippen molar-refractivity contribution in [3.63, 3.8) is 0 Å². The van der Waals surface area contributed by atoms with Gasteiger partial charge in [0.15, 0.2) is 0 Å². The number of likely N-dealkylation sites (tertiary alicyclic amines) is 1. The predicted molar refractivity (Wildman–Crippen MR) is 57.2 cm³/mol. The lowest BCUT2D eigenvalue weighted by atomic mass is 10.2. The van der Waals surface area contributed by atoms with E-state index in [9.17, 15) is 4.79 Å². The van der Waals surface area contributed by atoms with Gasteiger partial charge in [-0.05, 0) is 27.4 Å². The molecule has 0 aromatic rings. The molecule has 0 aromatic carbocycles. The van der Waals surface area contributed by atoms with Gasteiger partial charge in [0.2, 0.25) is 5.91 Å². The summed E-state index contributed by atoms with van der Waals surface area (Å²) in [4.78, 5) is 15.5. The first-order valence-electron chi connectivity index (χ1n) is 5.17. The minimum absolute atomic E-state index is 0.0439. The Balaban J connectivity index is 2.29. The maximum atomic E-state index is 11.5. The van der Waals surface area contributed by atoms with Crippen molar-refractivity contribution in [3.05, 3.63) is 0 Å².